The topological polar surface area (TPSA) is 38.8 Å². The van der Waals surface area contributed by atoms with E-state index in [4.69, 9.17) is 9.31 Å². The van der Waals surface area contributed by atoms with Crippen molar-refractivity contribution in [3.05, 3.63) is 35.4 Å². The molecule has 0 atom stereocenters. The lowest BCUT2D eigenvalue weighted by Gasteiger charge is -2.32. The second kappa shape index (κ2) is 3.84. The zero-order valence-corrected chi connectivity index (χ0v) is 11.8. The molecule has 0 radical (unpaired) electrons. The van der Waals surface area contributed by atoms with Gasteiger partial charge in [-0.25, -0.2) is 0 Å². The number of rotatable bonds is 1. The molecule has 0 spiro atoms. The van der Waals surface area contributed by atoms with E-state index < -0.39 is 18.5 Å². The van der Waals surface area contributed by atoms with E-state index in [1.165, 1.54) is 0 Å². The maximum Gasteiger partial charge on any atom is 0.596 e. The number of hydrogen-bond acceptors (Lipinski definition) is 3. The van der Waals surface area contributed by atoms with Gasteiger partial charge in [-0.15, -0.1) is 0 Å². The van der Waals surface area contributed by atoms with Crippen LogP contribution in [0.4, 0.5) is 0 Å². The van der Waals surface area contributed by atoms with E-state index in [0.717, 1.165) is 11.1 Å². The minimum atomic E-state index is -0.607. The molecule has 0 unspecified atom stereocenters. The van der Waals surface area contributed by atoms with Gasteiger partial charge in [-0.3, -0.25) is 4.79 Å². The normalized spacial score (nSPS) is 23.9. The minimum Gasteiger partial charge on any atom is -0.384 e. The summed E-state index contributed by atoms with van der Waals surface area (Å²) in [4.78, 5) is 14.0. The second-order valence-corrected chi connectivity index (χ2v) is 6.15. The SMILES string of the molecule is CC1(C)OB(N2Cc3ccccc3C2=O)OC1(C)C. The van der Waals surface area contributed by atoms with Crippen molar-refractivity contribution in [3.8, 4) is 0 Å². The Morgan fingerprint density at radius 3 is 2.26 bits per heavy atom. The highest BCUT2D eigenvalue weighted by atomic mass is 16.7. The fraction of sp³-hybridized carbons (Fsp3) is 0.500. The van der Waals surface area contributed by atoms with Gasteiger partial charge in [0.25, 0.3) is 0 Å². The first kappa shape index (κ1) is 12.7. The molecule has 1 amide bonds. The van der Waals surface area contributed by atoms with E-state index in [9.17, 15) is 4.79 Å². The largest absolute Gasteiger partial charge is 0.596 e. The second-order valence-electron chi connectivity index (χ2n) is 6.15. The third-order valence-electron chi connectivity index (χ3n) is 4.34. The van der Waals surface area contributed by atoms with Gasteiger partial charge in [-0.05, 0) is 39.3 Å². The minimum absolute atomic E-state index is 0.0194. The Hall–Kier alpha value is -1.33. The molecule has 1 aromatic carbocycles. The number of nitrogens with zero attached hydrogens (tertiary/aromatic N) is 1. The van der Waals surface area contributed by atoms with Crippen molar-refractivity contribution in [1.29, 1.82) is 0 Å². The van der Waals surface area contributed by atoms with Crippen LogP contribution in [-0.2, 0) is 15.9 Å². The summed E-state index contributed by atoms with van der Waals surface area (Å²) in [6.07, 6.45) is 0. The molecule has 0 saturated carbocycles. The summed E-state index contributed by atoms with van der Waals surface area (Å²) in [5.74, 6) is -0.0194. The van der Waals surface area contributed by atoms with Crippen LogP contribution in [0.25, 0.3) is 0 Å². The highest BCUT2D eigenvalue weighted by Gasteiger charge is 2.56. The van der Waals surface area contributed by atoms with Gasteiger partial charge < -0.3 is 14.1 Å². The van der Waals surface area contributed by atoms with Crippen molar-refractivity contribution >= 4 is 13.2 Å². The molecule has 0 aromatic heterocycles. The standard InChI is InChI=1S/C14H18BNO3/c1-13(2)14(3,4)19-15(18-13)16-9-10-7-5-6-8-11(10)12(16)17/h5-8H,9H2,1-4H3. The Morgan fingerprint density at radius 1 is 1.11 bits per heavy atom. The molecular formula is C14H18BNO3. The number of fused-ring (bicyclic) bond motifs is 1. The van der Waals surface area contributed by atoms with E-state index in [0.29, 0.717) is 6.54 Å². The lowest BCUT2D eigenvalue weighted by Crippen LogP contribution is -2.42. The van der Waals surface area contributed by atoms with Gasteiger partial charge in [-0.1, -0.05) is 18.2 Å². The molecule has 0 N–H and O–H groups in total. The Balaban J connectivity index is 1.86. The summed E-state index contributed by atoms with van der Waals surface area (Å²) in [7, 11) is -0.607. The monoisotopic (exact) mass is 259 g/mol. The molecule has 2 aliphatic heterocycles. The van der Waals surface area contributed by atoms with Gasteiger partial charge in [0.2, 0.25) is 5.91 Å². The molecule has 2 aliphatic rings. The van der Waals surface area contributed by atoms with Crippen LogP contribution in [-0.4, -0.2) is 29.2 Å². The maximum atomic E-state index is 12.4. The third-order valence-corrected chi connectivity index (χ3v) is 4.34. The number of hydrogen-bond donors (Lipinski definition) is 0. The number of benzene rings is 1. The summed E-state index contributed by atoms with van der Waals surface area (Å²) < 4.78 is 11.9. The molecule has 1 fully saturated rings. The lowest BCUT2D eigenvalue weighted by atomic mass is 9.90. The molecule has 19 heavy (non-hydrogen) atoms. The predicted octanol–water partition coefficient (Wildman–Crippen LogP) is 2.23. The van der Waals surface area contributed by atoms with Crippen LogP contribution < -0.4 is 0 Å². The van der Waals surface area contributed by atoms with Crippen LogP contribution in [0, 0.1) is 0 Å². The van der Waals surface area contributed by atoms with Gasteiger partial charge in [0.05, 0.1) is 11.2 Å². The molecular weight excluding hydrogens is 241 g/mol. The first-order valence-corrected chi connectivity index (χ1v) is 6.56. The summed E-state index contributed by atoms with van der Waals surface area (Å²) in [6, 6.07) is 7.64. The van der Waals surface area contributed by atoms with Crippen LogP contribution in [0.15, 0.2) is 24.3 Å². The van der Waals surface area contributed by atoms with E-state index in [-0.39, 0.29) is 5.91 Å². The van der Waals surface area contributed by atoms with Gasteiger partial charge >= 0.3 is 7.25 Å². The number of amides is 1. The molecule has 1 aromatic rings. The van der Waals surface area contributed by atoms with Crippen molar-refractivity contribution in [2.45, 2.75) is 45.4 Å². The van der Waals surface area contributed by atoms with Gasteiger partial charge in [-0.2, -0.15) is 0 Å². The average molecular weight is 259 g/mol. The molecule has 100 valence electrons. The highest BCUT2D eigenvalue weighted by Crippen LogP contribution is 2.39. The Bertz CT molecular complexity index is 525. The van der Waals surface area contributed by atoms with Gasteiger partial charge in [0.15, 0.2) is 0 Å². The van der Waals surface area contributed by atoms with Crippen molar-refractivity contribution < 1.29 is 14.1 Å². The fourth-order valence-corrected chi connectivity index (χ4v) is 2.39. The van der Waals surface area contributed by atoms with Crippen LogP contribution in [0.3, 0.4) is 0 Å². The summed E-state index contributed by atoms with van der Waals surface area (Å²) >= 11 is 0. The number of carbonyl (C=O) groups excluding carboxylic acids is 1. The molecule has 5 heteroatoms. The van der Waals surface area contributed by atoms with E-state index in [1.807, 2.05) is 52.0 Å². The molecule has 1 saturated heterocycles. The van der Waals surface area contributed by atoms with Crippen molar-refractivity contribution in [2.24, 2.45) is 0 Å². The van der Waals surface area contributed by atoms with E-state index in [1.54, 1.807) is 4.81 Å². The summed E-state index contributed by atoms with van der Waals surface area (Å²) in [5, 5.41) is 0. The van der Waals surface area contributed by atoms with E-state index >= 15 is 0 Å². The van der Waals surface area contributed by atoms with Crippen LogP contribution >= 0.6 is 0 Å². The summed E-state index contributed by atoms with van der Waals surface area (Å²) in [5.41, 5.74) is 0.929. The Kier molecular flexibility index (Phi) is 2.56. The molecule has 0 bridgehead atoms. The van der Waals surface area contributed by atoms with Gasteiger partial charge in [0.1, 0.15) is 0 Å². The molecule has 2 heterocycles. The Labute approximate surface area is 113 Å². The van der Waals surface area contributed by atoms with Gasteiger partial charge in [0, 0.05) is 12.1 Å². The molecule has 3 rings (SSSR count). The van der Waals surface area contributed by atoms with Crippen molar-refractivity contribution in [2.75, 3.05) is 0 Å². The first-order valence-electron chi connectivity index (χ1n) is 6.56. The zero-order valence-electron chi connectivity index (χ0n) is 11.8. The van der Waals surface area contributed by atoms with Crippen LogP contribution in [0.5, 0.6) is 0 Å². The third kappa shape index (κ3) is 1.80. The first-order chi connectivity index (χ1) is 8.82. The highest BCUT2D eigenvalue weighted by molar-refractivity contribution is 6.47. The maximum absolute atomic E-state index is 12.4. The molecule has 0 aliphatic carbocycles. The van der Waals surface area contributed by atoms with Crippen LogP contribution in [0.2, 0.25) is 0 Å². The smallest absolute Gasteiger partial charge is 0.384 e. The van der Waals surface area contributed by atoms with Crippen molar-refractivity contribution in [3.63, 3.8) is 0 Å². The molecule has 4 nitrogen and oxygen atoms in total. The predicted molar refractivity (Wildman–Crippen MR) is 72.4 cm³/mol. The fourth-order valence-electron chi connectivity index (χ4n) is 2.39. The Morgan fingerprint density at radius 2 is 1.68 bits per heavy atom. The lowest BCUT2D eigenvalue weighted by molar-refractivity contribution is 0.00578. The average Bonchev–Trinajstić information content (AvgIpc) is 2.76. The van der Waals surface area contributed by atoms with Crippen molar-refractivity contribution in [1.82, 2.24) is 4.81 Å². The summed E-state index contributed by atoms with van der Waals surface area (Å²) in [6.45, 7) is 8.49. The van der Waals surface area contributed by atoms with E-state index in [2.05, 4.69) is 0 Å². The zero-order chi connectivity index (χ0) is 13.8. The number of carbonyl (C=O) groups is 1. The quantitative estimate of drug-likeness (QED) is 0.726. The van der Waals surface area contributed by atoms with Crippen LogP contribution in [0.1, 0.15) is 43.6 Å².